The van der Waals surface area contributed by atoms with Crippen molar-refractivity contribution in [3.05, 3.63) is 17.8 Å². The highest BCUT2D eigenvalue weighted by Gasteiger charge is 2.02. The molecule has 0 aromatic carbocycles. The lowest BCUT2D eigenvalue weighted by molar-refractivity contribution is -0.137. The summed E-state index contributed by atoms with van der Waals surface area (Å²) in [7, 11) is 0. The van der Waals surface area contributed by atoms with Gasteiger partial charge >= 0.3 is 5.97 Å². The number of hydrogen-bond acceptors (Lipinski definition) is 4. The molecule has 1 rings (SSSR count). The van der Waals surface area contributed by atoms with E-state index in [9.17, 15) is 4.79 Å². The smallest absolute Gasteiger partial charge is 0.303 e. The molecule has 0 unspecified atom stereocenters. The number of unbranched alkanes of at least 4 members (excludes halogenated alkanes) is 2. The topological polar surface area (TPSA) is 88.2 Å². The molecule has 0 bridgehead atoms. The van der Waals surface area contributed by atoms with E-state index in [1.165, 1.54) is 0 Å². The van der Waals surface area contributed by atoms with E-state index in [-0.39, 0.29) is 6.42 Å². The number of carboxylic acid groups (broad SMARTS) is 1. The molecule has 0 aliphatic carbocycles. The average Bonchev–Trinajstić information content (AvgIpc) is 2.28. The first-order valence-corrected chi connectivity index (χ1v) is 5.78. The van der Waals surface area contributed by atoms with E-state index in [2.05, 4.69) is 10.3 Å². The maximum atomic E-state index is 10.3. The Morgan fingerprint density at radius 2 is 2.24 bits per heavy atom. The highest BCUT2D eigenvalue weighted by molar-refractivity contribution is 5.66. The lowest BCUT2D eigenvalue weighted by Gasteiger charge is -2.09. The van der Waals surface area contributed by atoms with Crippen LogP contribution in [0.25, 0.3) is 0 Å². The Hall–Kier alpha value is -1.78. The predicted molar refractivity (Wildman–Crippen MR) is 68.0 cm³/mol. The first kappa shape index (κ1) is 13.3. The molecule has 0 aliphatic heterocycles. The van der Waals surface area contributed by atoms with E-state index in [0.29, 0.717) is 17.9 Å². The number of aliphatic carboxylic acids is 1. The number of nitrogens with zero attached hydrogens (tertiary/aromatic N) is 1. The van der Waals surface area contributed by atoms with Crippen molar-refractivity contribution < 1.29 is 9.90 Å². The minimum absolute atomic E-state index is 0.241. The number of rotatable bonds is 7. The molecule has 5 heteroatoms. The third-order valence-electron chi connectivity index (χ3n) is 2.57. The van der Waals surface area contributed by atoms with Crippen LogP contribution in [0.4, 0.5) is 11.5 Å². The van der Waals surface area contributed by atoms with Crippen molar-refractivity contribution in [2.75, 3.05) is 17.6 Å². The van der Waals surface area contributed by atoms with Gasteiger partial charge in [-0.25, -0.2) is 4.98 Å². The first-order valence-electron chi connectivity index (χ1n) is 5.78. The summed E-state index contributed by atoms with van der Waals surface area (Å²) in [6.07, 6.45) is 4.49. The fraction of sp³-hybridized carbons (Fsp3) is 0.500. The predicted octanol–water partition coefficient (Wildman–Crippen LogP) is 2.03. The number of nitrogens with two attached hydrogens (primary N) is 1. The molecular formula is C12H19N3O2. The van der Waals surface area contributed by atoms with Gasteiger partial charge in [-0.05, 0) is 31.4 Å². The lowest BCUT2D eigenvalue weighted by atomic mass is 10.2. The largest absolute Gasteiger partial charge is 0.481 e. The number of hydrogen-bond donors (Lipinski definition) is 3. The summed E-state index contributed by atoms with van der Waals surface area (Å²) < 4.78 is 0. The molecule has 5 nitrogen and oxygen atoms in total. The van der Waals surface area contributed by atoms with Gasteiger partial charge in [0.15, 0.2) is 0 Å². The van der Waals surface area contributed by atoms with Crippen molar-refractivity contribution in [1.82, 2.24) is 4.98 Å². The molecule has 0 aliphatic rings. The molecule has 1 heterocycles. The Labute approximate surface area is 101 Å². The van der Waals surface area contributed by atoms with Gasteiger partial charge in [-0.15, -0.1) is 0 Å². The molecule has 0 radical (unpaired) electrons. The second-order valence-corrected chi connectivity index (χ2v) is 4.02. The molecule has 17 heavy (non-hydrogen) atoms. The van der Waals surface area contributed by atoms with Crippen LogP contribution < -0.4 is 11.1 Å². The lowest BCUT2D eigenvalue weighted by Crippen LogP contribution is -2.07. The molecule has 0 saturated heterocycles. The molecule has 0 amide bonds. The van der Waals surface area contributed by atoms with Crippen molar-refractivity contribution in [1.29, 1.82) is 0 Å². The fourth-order valence-electron chi connectivity index (χ4n) is 1.50. The number of nitrogen functional groups attached to an aromatic ring is 1. The number of pyridine rings is 1. The molecule has 0 saturated carbocycles. The summed E-state index contributed by atoms with van der Waals surface area (Å²) >= 11 is 0. The van der Waals surface area contributed by atoms with Gasteiger partial charge in [0, 0.05) is 19.2 Å². The van der Waals surface area contributed by atoms with Gasteiger partial charge in [0.2, 0.25) is 0 Å². The summed E-state index contributed by atoms with van der Waals surface area (Å²) in [6, 6.07) is 1.87. The second kappa shape index (κ2) is 6.73. The van der Waals surface area contributed by atoms with Crippen LogP contribution in [0.3, 0.4) is 0 Å². The van der Waals surface area contributed by atoms with Crippen molar-refractivity contribution in [3.8, 4) is 0 Å². The van der Waals surface area contributed by atoms with Crippen LogP contribution in [0.15, 0.2) is 12.3 Å². The standard InChI is InChI=1S/C12H19N3O2/c1-9-6-8-15-12(11(9)13)14-7-4-2-3-5-10(16)17/h6,8H,2-5,7,13H2,1H3,(H,14,15)(H,16,17). The maximum absolute atomic E-state index is 10.3. The molecule has 1 aromatic heterocycles. The van der Waals surface area contributed by atoms with Gasteiger partial charge in [-0.1, -0.05) is 6.42 Å². The third kappa shape index (κ3) is 4.72. The van der Waals surface area contributed by atoms with Crippen LogP contribution in [0.5, 0.6) is 0 Å². The van der Waals surface area contributed by atoms with Gasteiger partial charge < -0.3 is 16.2 Å². The van der Waals surface area contributed by atoms with E-state index in [0.717, 1.165) is 24.9 Å². The number of anilines is 2. The average molecular weight is 237 g/mol. The van der Waals surface area contributed by atoms with Gasteiger partial charge in [0.1, 0.15) is 5.82 Å². The summed E-state index contributed by atoms with van der Waals surface area (Å²) in [5, 5.41) is 11.6. The van der Waals surface area contributed by atoms with E-state index >= 15 is 0 Å². The monoisotopic (exact) mass is 237 g/mol. The summed E-state index contributed by atoms with van der Waals surface area (Å²) in [6.45, 7) is 2.70. The van der Waals surface area contributed by atoms with Crippen LogP contribution in [0, 0.1) is 6.92 Å². The van der Waals surface area contributed by atoms with Crippen molar-refractivity contribution >= 4 is 17.5 Å². The minimum atomic E-state index is -0.734. The van der Waals surface area contributed by atoms with Gasteiger partial charge in [-0.3, -0.25) is 4.79 Å². The van der Waals surface area contributed by atoms with Gasteiger partial charge in [0.05, 0.1) is 5.69 Å². The Kier molecular flexibility index (Phi) is 5.26. The van der Waals surface area contributed by atoms with Crippen LogP contribution in [-0.2, 0) is 4.79 Å². The van der Waals surface area contributed by atoms with Gasteiger partial charge in [0.25, 0.3) is 0 Å². The Bertz CT molecular complexity index is 380. The Balaban J connectivity index is 2.22. The number of aryl methyl sites for hydroxylation is 1. The molecular weight excluding hydrogens is 218 g/mol. The number of carbonyl (C=O) groups is 1. The third-order valence-corrected chi connectivity index (χ3v) is 2.57. The Morgan fingerprint density at radius 1 is 1.47 bits per heavy atom. The normalized spacial score (nSPS) is 10.2. The zero-order valence-corrected chi connectivity index (χ0v) is 10.1. The van der Waals surface area contributed by atoms with Crippen LogP contribution in [0.2, 0.25) is 0 Å². The van der Waals surface area contributed by atoms with Crippen LogP contribution in [0.1, 0.15) is 31.2 Å². The molecule has 0 atom stereocenters. The molecule has 4 N–H and O–H groups in total. The highest BCUT2D eigenvalue weighted by atomic mass is 16.4. The Morgan fingerprint density at radius 3 is 2.94 bits per heavy atom. The van der Waals surface area contributed by atoms with E-state index < -0.39 is 5.97 Å². The van der Waals surface area contributed by atoms with Crippen molar-refractivity contribution in [3.63, 3.8) is 0 Å². The van der Waals surface area contributed by atoms with E-state index in [4.69, 9.17) is 10.8 Å². The zero-order chi connectivity index (χ0) is 12.7. The maximum Gasteiger partial charge on any atom is 0.303 e. The number of nitrogens with one attached hydrogen (secondary N) is 1. The second-order valence-electron chi connectivity index (χ2n) is 4.02. The van der Waals surface area contributed by atoms with Gasteiger partial charge in [-0.2, -0.15) is 0 Å². The highest BCUT2D eigenvalue weighted by Crippen LogP contribution is 2.18. The fourth-order valence-corrected chi connectivity index (χ4v) is 1.50. The first-order chi connectivity index (χ1) is 8.11. The van der Waals surface area contributed by atoms with E-state index in [1.807, 2.05) is 13.0 Å². The molecule has 94 valence electrons. The van der Waals surface area contributed by atoms with Crippen LogP contribution in [-0.4, -0.2) is 22.6 Å². The molecule has 0 spiro atoms. The van der Waals surface area contributed by atoms with Crippen molar-refractivity contribution in [2.45, 2.75) is 32.6 Å². The number of carboxylic acids is 1. The summed E-state index contributed by atoms with van der Waals surface area (Å²) in [4.78, 5) is 14.4. The zero-order valence-electron chi connectivity index (χ0n) is 10.1. The number of aromatic nitrogens is 1. The summed E-state index contributed by atoms with van der Waals surface area (Å²) in [5.74, 6) is -0.0224. The van der Waals surface area contributed by atoms with E-state index in [1.54, 1.807) is 6.20 Å². The molecule has 0 fully saturated rings. The van der Waals surface area contributed by atoms with Crippen LogP contribution >= 0.6 is 0 Å². The molecule has 1 aromatic rings. The minimum Gasteiger partial charge on any atom is -0.481 e. The quantitative estimate of drug-likeness (QED) is 0.631. The van der Waals surface area contributed by atoms with Crippen molar-refractivity contribution in [2.24, 2.45) is 0 Å². The SMILES string of the molecule is Cc1ccnc(NCCCCCC(=O)O)c1N. The summed E-state index contributed by atoms with van der Waals surface area (Å²) in [5.41, 5.74) is 7.55.